The minimum absolute atomic E-state index is 0.651. The quantitative estimate of drug-likeness (QED) is 0.566. The zero-order valence-electron chi connectivity index (χ0n) is 12.3. The van der Waals surface area contributed by atoms with Gasteiger partial charge in [0.05, 0.1) is 12.8 Å². The fourth-order valence-electron chi connectivity index (χ4n) is 2.98. The number of para-hydroxylation sites is 1. The van der Waals surface area contributed by atoms with Gasteiger partial charge in [-0.3, -0.25) is 0 Å². The molecule has 3 aromatic carbocycles. The number of nitrogens with zero attached hydrogens (tertiary/aromatic N) is 1. The molecule has 0 fully saturated rings. The van der Waals surface area contributed by atoms with Crippen LogP contribution < -0.4 is 0 Å². The number of benzene rings is 3. The third-order valence-corrected chi connectivity index (χ3v) is 3.98. The van der Waals surface area contributed by atoms with Crippen molar-refractivity contribution in [2.75, 3.05) is 7.11 Å². The first kappa shape index (κ1) is 12.8. The molecular formula is C20H15NO. The van der Waals surface area contributed by atoms with E-state index < -0.39 is 0 Å². The van der Waals surface area contributed by atoms with Gasteiger partial charge in [0.15, 0.2) is 0 Å². The van der Waals surface area contributed by atoms with Gasteiger partial charge in [0, 0.05) is 11.1 Å². The maximum atomic E-state index is 5.58. The molecule has 0 spiro atoms. The van der Waals surface area contributed by atoms with E-state index >= 15 is 0 Å². The van der Waals surface area contributed by atoms with Gasteiger partial charge in [0.25, 0.3) is 0 Å². The summed E-state index contributed by atoms with van der Waals surface area (Å²) in [7, 11) is 1.67. The lowest BCUT2D eigenvalue weighted by atomic mass is 9.90. The summed E-state index contributed by atoms with van der Waals surface area (Å²) in [6.07, 6.45) is 0. The second-order valence-corrected chi connectivity index (χ2v) is 5.23. The van der Waals surface area contributed by atoms with E-state index in [1.54, 1.807) is 7.11 Å². The van der Waals surface area contributed by atoms with Crippen molar-refractivity contribution in [3.63, 3.8) is 0 Å². The standard InChI is InChI=1S/C20H15NO/c1-22-20-18-12-5-4-10-16(18)14-8-2-3-9-15(14)17-11-6-7-13-19(17)21-20/h2-13H,1H3. The SMILES string of the molecule is COC1=Nc2ccccc2-c2ccccc2-c2ccccc21. The Morgan fingerprint density at radius 3 is 1.68 bits per heavy atom. The summed E-state index contributed by atoms with van der Waals surface area (Å²) in [5.41, 5.74) is 6.63. The Hall–Kier alpha value is -2.87. The van der Waals surface area contributed by atoms with Gasteiger partial charge in [-0.1, -0.05) is 60.7 Å². The topological polar surface area (TPSA) is 21.6 Å². The normalized spacial score (nSPS) is 12.1. The molecule has 0 aliphatic carbocycles. The van der Waals surface area contributed by atoms with Crippen LogP contribution in [0.5, 0.6) is 0 Å². The van der Waals surface area contributed by atoms with Crippen molar-refractivity contribution in [2.45, 2.75) is 0 Å². The highest BCUT2D eigenvalue weighted by atomic mass is 16.5. The monoisotopic (exact) mass is 285 g/mol. The zero-order chi connectivity index (χ0) is 14.9. The zero-order valence-corrected chi connectivity index (χ0v) is 12.3. The summed E-state index contributed by atoms with van der Waals surface area (Å²) in [4.78, 5) is 4.75. The average Bonchev–Trinajstić information content (AvgIpc) is 2.59. The van der Waals surface area contributed by atoms with Crippen molar-refractivity contribution in [1.82, 2.24) is 0 Å². The third kappa shape index (κ3) is 1.92. The molecule has 0 atom stereocenters. The maximum absolute atomic E-state index is 5.58. The van der Waals surface area contributed by atoms with Crippen molar-refractivity contribution < 1.29 is 4.74 Å². The molecule has 0 bridgehead atoms. The molecule has 1 aliphatic rings. The minimum Gasteiger partial charge on any atom is -0.481 e. The number of fused-ring (bicyclic) bond motifs is 5. The summed E-state index contributed by atoms with van der Waals surface area (Å²) >= 11 is 0. The van der Waals surface area contributed by atoms with E-state index in [1.165, 1.54) is 11.1 Å². The van der Waals surface area contributed by atoms with Crippen LogP contribution in [0, 0.1) is 0 Å². The van der Waals surface area contributed by atoms with E-state index in [0.717, 1.165) is 22.4 Å². The van der Waals surface area contributed by atoms with Crippen LogP contribution in [0.25, 0.3) is 22.3 Å². The van der Waals surface area contributed by atoms with Crippen molar-refractivity contribution in [2.24, 2.45) is 4.99 Å². The molecule has 0 radical (unpaired) electrons. The maximum Gasteiger partial charge on any atom is 0.221 e. The Bertz CT molecular complexity index is 880. The molecule has 0 unspecified atom stereocenters. The van der Waals surface area contributed by atoms with Crippen molar-refractivity contribution >= 4 is 11.6 Å². The number of rotatable bonds is 0. The highest BCUT2D eigenvalue weighted by Gasteiger charge is 2.19. The van der Waals surface area contributed by atoms with Gasteiger partial charge in [-0.05, 0) is 28.8 Å². The van der Waals surface area contributed by atoms with Gasteiger partial charge >= 0.3 is 0 Å². The molecule has 0 N–H and O–H groups in total. The van der Waals surface area contributed by atoms with Crippen LogP contribution in [0.3, 0.4) is 0 Å². The van der Waals surface area contributed by atoms with E-state index in [2.05, 4.69) is 48.5 Å². The first-order valence-electron chi connectivity index (χ1n) is 7.29. The first-order valence-corrected chi connectivity index (χ1v) is 7.29. The summed E-state index contributed by atoms with van der Waals surface area (Å²) in [6, 6.07) is 24.9. The van der Waals surface area contributed by atoms with E-state index in [9.17, 15) is 0 Å². The predicted octanol–water partition coefficient (Wildman–Crippen LogP) is 5.06. The molecule has 0 amide bonds. The molecule has 1 heterocycles. The highest BCUT2D eigenvalue weighted by Crippen LogP contribution is 2.40. The average molecular weight is 285 g/mol. The Kier molecular flexibility index (Phi) is 3.01. The smallest absolute Gasteiger partial charge is 0.221 e. The molecule has 2 nitrogen and oxygen atoms in total. The minimum atomic E-state index is 0.651. The Balaban J connectivity index is 2.15. The van der Waals surface area contributed by atoms with Crippen LogP contribution in [0.2, 0.25) is 0 Å². The van der Waals surface area contributed by atoms with Gasteiger partial charge in [0.2, 0.25) is 5.90 Å². The van der Waals surface area contributed by atoms with E-state index in [4.69, 9.17) is 9.73 Å². The number of hydrogen-bond acceptors (Lipinski definition) is 2. The fraction of sp³-hybridized carbons (Fsp3) is 0.0500. The highest BCUT2D eigenvalue weighted by molar-refractivity contribution is 6.06. The number of aliphatic imine (C=N–C) groups is 1. The second kappa shape index (κ2) is 5.15. The van der Waals surface area contributed by atoms with Gasteiger partial charge in [-0.25, -0.2) is 4.99 Å². The van der Waals surface area contributed by atoms with Crippen molar-refractivity contribution in [1.29, 1.82) is 0 Å². The largest absolute Gasteiger partial charge is 0.481 e. The van der Waals surface area contributed by atoms with Crippen LogP contribution in [0.4, 0.5) is 5.69 Å². The van der Waals surface area contributed by atoms with Gasteiger partial charge in [0.1, 0.15) is 0 Å². The molecule has 1 aliphatic heterocycles. The van der Waals surface area contributed by atoms with Crippen LogP contribution in [-0.4, -0.2) is 13.0 Å². The van der Waals surface area contributed by atoms with Crippen molar-refractivity contribution in [3.05, 3.63) is 78.4 Å². The van der Waals surface area contributed by atoms with Crippen molar-refractivity contribution in [3.8, 4) is 22.3 Å². The molecule has 3 aromatic rings. The fourth-order valence-corrected chi connectivity index (χ4v) is 2.98. The summed E-state index contributed by atoms with van der Waals surface area (Å²) in [6.45, 7) is 0. The number of methoxy groups -OCH3 is 1. The molecule has 4 rings (SSSR count). The van der Waals surface area contributed by atoms with Crippen LogP contribution >= 0.6 is 0 Å². The molecule has 0 aromatic heterocycles. The van der Waals surface area contributed by atoms with Gasteiger partial charge < -0.3 is 4.74 Å². The van der Waals surface area contributed by atoms with Gasteiger partial charge in [-0.2, -0.15) is 0 Å². The lowest BCUT2D eigenvalue weighted by molar-refractivity contribution is 0.405. The lowest BCUT2D eigenvalue weighted by Gasteiger charge is -2.19. The summed E-state index contributed by atoms with van der Waals surface area (Å²) in [5, 5.41) is 0. The molecule has 0 saturated heterocycles. The van der Waals surface area contributed by atoms with Crippen LogP contribution in [-0.2, 0) is 4.74 Å². The second-order valence-electron chi connectivity index (χ2n) is 5.23. The molecular weight excluding hydrogens is 270 g/mol. The summed E-state index contributed by atoms with van der Waals surface area (Å²) in [5.74, 6) is 0.651. The summed E-state index contributed by atoms with van der Waals surface area (Å²) < 4.78 is 5.58. The first-order chi connectivity index (χ1) is 10.9. The van der Waals surface area contributed by atoms with Crippen LogP contribution in [0.1, 0.15) is 5.56 Å². The molecule has 2 heteroatoms. The molecule has 0 saturated carbocycles. The van der Waals surface area contributed by atoms with E-state index in [0.29, 0.717) is 5.90 Å². The predicted molar refractivity (Wildman–Crippen MR) is 90.5 cm³/mol. The van der Waals surface area contributed by atoms with Gasteiger partial charge in [-0.15, -0.1) is 0 Å². The molecule has 106 valence electrons. The Labute approximate surface area is 129 Å². The lowest BCUT2D eigenvalue weighted by Crippen LogP contribution is -2.07. The van der Waals surface area contributed by atoms with Crippen LogP contribution in [0.15, 0.2) is 77.8 Å². The molecule has 22 heavy (non-hydrogen) atoms. The number of hydrogen-bond donors (Lipinski definition) is 0. The third-order valence-electron chi connectivity index (χ3n) is 3.98. The Morgan fingerprint density at radius 1 is 0.591 bits per heavy atom. The van der Waals surface area contributed by atoms with E-state index in [-0.39, 0.29) is 0 Å². The number of ether oxygens (including phenoxy) is 1. The Morgan fingerprint density at radius 2 is 1.05 bits per heavy atom. The van der Waals surface area contributed by atoms with E-state index in [1.807, 2.05) is 24.3 Å².